The zero-order chi connectivity index (χ0) is 10.8. The van der Waals surface area contributed by atoms with Crippen molar-refractivity contribution in [1.29, 1.82) is 0 Å². The summed E-state index contributed by atoms with van der Waals surface area (Å²) in [4.78, 5) is 0. The monoisotopic (exact) mass is 196 g/mol. The lowest BCUT2D eigenvalue weighted by Gasteiger charge is -2.42. The summed E-state index contributed by atoms with van der Waals surface area (Å²) < 4.78 is 5.79. The molecule has 1 atom stereocenters. The van der Waals surface area contributed by atoms with Crippen molar-refractivity contribution in [1.82, 2.24) is 0 Å². The van der Waals surface area contributed by atoms with Crippen LogP contribution >= 0.6 is 0 Å². The van der Waals surface area contributed by atoms with Gasteiger partial charge in [-0.05, 0) is 37.2 Å². The van der Waals surface area contributed by atoms with Crippen molar-refractivity contribution < 1.29 is 4.74 Å². The minimum absolute atomic E-state index is 0.0851. The van der Waals surface area contributed by atoms with Gasteiger partial charge in [-0.2, -0.15) is 0 Å². The zero-order valence-corrected chi connectivity index (χ0v) is 10.3. The van der Waals surface area contributed by atoms with E-state index in [0.717, 1.165) is 6.61 Å². The Bertz CT molecular complexity index is 227. The molecule has 1 unspecified atom stereocenters. The summed E-state index contributed by atoms with van der Waals surface area (Å²) in [7, 11) is 0. The molecular formula is C13H24O. The van der Waals surface area contributed by atoms with Gasteiger partial charge in [-0.25, -0.2) is 0 Å². The van der Waals surface area contributed by atoms with Gasteiger partial charge in [0, 0.05) is 0 Å². The van der Waals surface area contributed by atoms with Crippen LogP contribution in [0.15, 0.2) is 11.6 Å². The number of hydrogen-bond acceptors (Lipinski definition) is 1. The number of rotatable bonds is 0. The molecule has 0 aromatic heterocycles. The fourth-order valence-corrected chi connectivity index (χ4v) is 2.80. The highest BCUT2D eigenvalue weighted by atomic mass is 16.5. The fourth-order valence-electron chi connectivity index (χ4n) is 2.80. The highest BCUT2D eigenvalue weighted by Gasteiger charge is 2.44. The van der Waals surface area contributed by atoms with Crippen LogP contribution in [0, 0.1) is 5.41 Å². The first-order chi connectivity index (χ1) is 6.55. The SMILES string of the molecule is CC.CC1(C)CCCC2(C)OCC=C12. The molecule has 0 amide bonds. The van der Waals surface area contributed by atoms with Crippen molar-refractivity contribution in [2.24, 2.45) is 5.41 Å². The van der Waals surface area contributed by atoms with E-state index in [1.54, 1.807) is 5.57 Å². The minimum Gasteiger partial charge on any atom is -0.367 e. The van der Waals surface area contributed by atoms with Crippen LogP contribution in [0.5, 0.6) is 0 Å². The molecule has 14 heavy (non-hydrogen) atoms. The third-order valence-corrected chi connectivity index (χ3v) is 3.44. The molecule has 1 heterocycles. The first-order valence-electron chi connectivity index (χ1n) is 5.90. The van der Waals surface area contributed by atoms with Crippen LogP contribution in [-0.2, 0) is 4.74 Å². The Labute approximate surface area is 88.5 Å². The summed E-state index contributed by atoms with van der Waals surface area (Å²) in [6.45, 7) is 11.7. The fraction of sp³-hybridized carbons (Fsp3) is 0.846. The highest BCUT2D eigenvalue weighted by molar-refractivity contribution is 5.28. The molecule has 0 saturated heterocycles. The van der Waals surface area contributed by atoms with Gasteiger partial charge >= 0.3 is 0 Å². The predicted molar refractivity (Wildman–Crippen MR) is 61.4 cm³/mol. The van der Waals surface area contributed by atoms with E-state index in [-0.39, 0.29) is 5.60 Å². The van der Waals surface area contributed by atoms with E-state index < -0.39 is 0 Å². The second-order valence-electron chi connectivity index (χ2n) is 4.90. The Morgan fingerprint density at radius 3 is 2.36 bits per heavy atom. The second-order valence-corrected chi connectivity index (χ2v) is 4.90. The van der Waals surface area contributed by atoms with Gasteiger partial charge in [-0.3, -0.25) is 0 Å². The molecule has 0 radical (unpaired) electrons. The third-order valence-electron chi connectivity index (χ3n) is 3.44. The highest BCUT2D eigenvalue weighted by Crippen LogP contribution is 2.49. The quantitative estimate of drug-likeness (QED) is 0.533. The molecule has 0 bridgehead atoms. The van der Waals surface area contributed by atoms with Crippen LogP contribution in [0.1, 0.15) is 53.9 Å². The molecule has 0 spiro atoms. The average molecular weight is 196 g/mol. The van der Waals surface area contributed by atoms with Gasteiger partial charge in [0.15, 0.2) is 0 Å². The van der Waals surface area contributed by atoms with E-state index in [4.69, 9.17) is 4.74 Å². The summed E-state index contributed by atoms with van der Waals surface area (Å²) in [6, 6.07) is 0. The van der Waals surface area contributed by atoms with Crippen LogP contribution in [0.3, 0.4) is 0 Å². The van der Waals surface area contributed by atoms with Crippen LogP contribution in [0.25, 0.3) is 0 Å². The molecule has 1 fully saturated rings. The topological polar surface area (TPSA) is 9.23 Å². The Kier molecular flexibility index (Phi) is 3.41. The van der Waals surface area contributed by atoms with E-state index in [1.807, 2.05) is 13.8 Å². The lowest BCUT2D eigenvalue weighted by atomic mass is 9.67. The number of ether oxygens (including phenoxy) is 1. The Morgan fingerprint density at radius 2 is 1.79 bits per heavy atom. The van der Waals surface area contributed by atoms with E-state index in [0.29, 0.717) is 5.41 Å². The lowest BCUT2D eigenvalue weighted by Crippen LogP contribution is -2.38. The molecule has 0 aromatic carbocycles. The molecular weight excluding hydrogens is 172 g/mol. The molecule has 0 aromatic rings. The summed E-state index contributed by atoms with van der Waals surface area (Å²) in [5.41, 5.74) is 2.01. The van der Waals surface area contributed by atoms with Gasteiger partial charge in [-0.1, -0.05) is 33.8 Å². The smallest absolute Gasteiger partial charge is 0.0873 e. The first kappa shape index (κ1) is 11.8. The summed E-state index contributed by atoms with van der Waals surface area (Å²) in [5, 5.41) is 0. The van der Waals surface area contributed by atoms with Crippen molar-refractivity contribution in [2.75, 3.05) is 6.61 Å². The molecule has 0 N–H and O–H groups in total. The second kappa shape index (κ2) is 4.06. The molecule has 1 aliphatic carbocycles. The minimum atomic E-state index is 0.0851. The summed E-state index contributed by atoms with van der Waals surface area (Å²) >= 11 is 0. The number of fused-ring (bicyclic) bond motifs is 1. The van der Waals surface area contributed by atoms with Crippen LogP contribution in [0.4, 0.5) is 0 Å². The molecule has 1 heteroatoms. The van der Waals surface area contributed by atoms with Crippen molar-refractivity contribution in [3.05, 3.63) is 11.6 Å². The largest absolute Gasteiger partial charge is 0.367 e. The maximum Gasteiger partial charge on any atom is 0.0873 e. The van der Waals surface area contributed by atoms with Crippen molar-refractivity contribution >= 4 is 0 Å². The number of hydrogen-bond donors (Lipinski definition) is 0. The van der Waals surface area contributed by atoms with Gasteiger partial charge in [0.2, 0.25) is 0 Å². The average Bonchev–Trinajstić information content (AvgIpc) is 2.51. The lowest BCUT2D eigenvalue weighted by molar-refractivity contribution is -0.00229. The molecule has 82 valence electrons. The van der Waals surface area contributed by atoms with E-state index >= 15 is 0 Å². The summed E-state index contributed by atoms with van der Waals surface area (Å²) in [6.07, 6.45) is 6.13. The van der Waals surface area contributed by atoms with Crippen molar-refractivity contribution in [2.45, 2.75) is 59.5 Å². The Morgan fingerprint density at radius 1 is 1.14 bits per heavy atom. The van der Waals surface area contributed by atoms with Crippen molar-refractivity contribution in [3.63, 3.8) is 0 Å². The van der Waals surface area contributed by atoms with E-state index in [9.17, 15) is 0 Å². The zero-order valence-electron chi connectivity index (χ0n) is 10.3. The van der Waals surface area contributed by atoms with Crippen LogP contribution in [0.2, 0.25) is 0 Å². The molecule has 1 aliphatic heterocycles. The van der Waals surface area contributed by atoms with Crippen molar-refractivity contribution in [3.8, 4) is 0 Å². The van der Waals surface area contributed by atoms with Gasteiger partial charge in [-0.15, -0.1) is 0 Å². The Balaban J connectivity index is 0.000000461. The molecule has 1 saturated carbocycles. The first-order valence-corrected chi connectivity index (χ1v) is 5.90. The van der Waals surface area contributed by atoms with Gasteiger partial charge < -0.3 is 4.74 Å². The maximum absolute atomic E-state index is 5.79. The maximum atomic E-state index is 5.79. The van der Waals surface area contributed by atoms with Gasteiger partial charge in [0.05, 0.1) is 12.2 Å². The van der Waals surface area contributed by atoms with E-state index in [2.05, 4.69) is 26.8 Å². The molecule has 1 nitrogen and oxygen atoms in total. The predicted octanol–water partition coefficient (Wildman–Crippen LogP) is 3.94. The molecule has 2 rings (SSSR count). The normalized spacial score (nSPS) is 33.9. The Hall–Kier alpha value is -0.300. The van der Waals surface area contributed by atoms with E-state index in [1.165, 1.54) is 19.3 Å². The third kappa shape index (κ3) is 1.88. The van der Waals surface area contributed by atoms with Gasteiger partial charge in [0.1, 0.15) is 0 Å². The standard InChI is InChI=1S/C11H18O.C2H6/c1-10(2)6-4-7-11(3)9(10)5-8-12-11;1-2/h5H,4,6-8H2,1-3H3;1-2H3. The molecule has 2 aliphatic rings. The summed E-state index contributed by atoms with van der Waals surface area (Å²) in [5.74, 6) is 0. The van der Waals surface area contributed by atoms with Crippen LogP contribution < -0.4 is 0 Å². The van der Waals surface area contributed by atoms with Gasteiger partial charge in [0.25, 0.3) is 0 Å². The van der Waals surface area contributed by atoms with Crippen LogP contribution in [-0.4, -0.2) is 12.2 Å².